The second-order valence-corrected chi connectivity index (χ2v) is 8.65. The van der Waals surface area contributed by atoms with Crippen LogP contribution in [0.4, 0.5) is 0 Å². The lowest BCUT2D eigenvalue weighted by Gasteiger charge is -2.39. The maximum Gasteiger partial charge on any atom is 0.193 e. The van der Waals surface area contributed by atoms with Crippen LogP contribution >= 0.6 is 35.6 Å². The summed E-state index contributed by atoms with van der Waals surface area (Å²) in [4.78, 5) is 6.98. The first-order valence-electron chi connectivity index (χ1n) is 10.0. The molecule has 4 rings (SSSR count). The van der Waals surface area contributed by atoms with Gasteiger partial charge in [-0.25, -0.2) is 0 Å². The molecule has 1 unspecified atom stereocenters. The third-order valence-electron chi connectivity index (χ3n) is 6.61. The first-order chi connectivity index (χ1) is 13.2. The number of aliphatic imine (C=N–C) groups is 1. The number of halogens is 2. The Kier molecular flexibility index (Phi) is 7.50. The molecule has 28 heavy (non-hydrogen) atoms. The average molecular weight is 520 g/mol. The molecule has 0 radical (unpaired) electrons. The second kappa shape index (κ2) is 9.49. The normalized spacial score (nSPS) is 27.1. The zero-order valence-electron chi connectivity index (χ0n) is 16.6. The van der Waals surface area contributed by atoms with Crippen LogP contribution in [0.2, 0.25) is 5.02 Å². The summed E-state index contributed by atoms with van der Waals surface area (Å²) in [7, 11) is 1.88. The summed E-state index contributed by atoms with van der Waals surface area (Å²) in [6.45, 7) is 6.25. The van der Waals surface area contributed by atoms with Crippen LogP contribution in [0.15, 0.2) is 29.3 Å². The maximum atomic E-state index is 6.58. The van der Waals surface area contributed by atoms with Crippen molar-refractivity contribution in [2.75, 3.05) is 53.1 Å². The van der Waals surface area contributed by atoms with Crippen molar-refractivity contribution in [3.63, 3.8) is 0 Å². The van der Waals surface area contributed by atoms with Crippen molar-refractivity contribution in [2.45, 2.75) is 31.1 Å². The minimum atomic E-state index is -0.0135. The number of nitrogens with zero attached hydrogens (tertiary/aromatic N) is 2. The van der Waals surface area contributed by atoms with E-state index in [0.29, 0.717) is 5.41 Å². The number of ether oxygens (including phenoxy) is 2. The van der Waals surface area contributed by atoms with Crippen molar-refractivity contribution in [2.24, 2.45) is 10.4 Å². The second-order valence-electron chi connectivity index (χ2n) is 8.25. The molecule has 7 heteroatoms. The minimum absolute atomic E-state index is 0. The SMILES string of the molecule is CN=C(NCC1(c2ccccc2Cl)CCOCC1)N1CCC2(CCOC2)C1.I. The molecule has 3 saturated heterocycles. The summed E-state index contributed by atoms with van der Waals surface area (Å²) < 4.78 is 11.3. The maximum absolute atomic E-state index is 6.58. The van der Waals surface area contributed by atoms with Gasteiger partial charge in [0.2, 0.25) is 0 Å². The Bertz CT molecular complexity index is 688. The lowest BCUT2D eigenvalue weighted by atomic mass is 9.74. The van der Waals surface area contributed by atoms with Gasteiger partial charge in [0.25, 0.3) is 0 Å². The molecule has 0 aliphatic carbocycles. The molecule has 1 spiro atoms. The van der Waals surface area contributed by atoms with Crippen molar-refractivity contribution in [3.05, 3.63) is 34.9 Å². The van der Waals surface area contributed by atoms with Crippen molar-refractivity contribution in [3.8, 4) is 0 Å². The van der Waals surface area contributed by atoms with Gasteiger partial charge in [-0.15, -0.1) is 24.0 Å². The van der Waals surface area contributed by atoms with Gasteiger partial charge in [0.1, 0.15) is 0 Å². The van der Waals surface area contributed by atoms with E-state index in [1.807, 2.05) is 19.2 Å². The largest absolute Gasteiger partial charge is 0.381 e. The van der Waals surface area contributed by atoms with E-state index in [2.05, 4.69) is 27.3 Å². The van der Waals surface area contributed by atoms with E-state index in [1.54, 1.807) is 0 Å². The molecule has 1 aromatic rings. The van der Waals surface area contributed by atoms with Gasteiger partial charge in [0.15, 0.2) is 5.96 Å². The van der Waals surface area contributed by atoms with Gasteiger partial charge in [0.05, 0.1) is 6.61 Å². The van der Waals surface area contributed by atoms with Crippen LogP contribution in [0.3, 0.4) is 0 Å². The third kappa shape index (κ3) is 4.45. The number of benzene rings is 1. The average Bonchev–Trinajstić information content (AvgIpc) is 3.33. The molecular formula is C21H31ClIN3O2. The predicted molar refractivity (Wildman–Crippen MR) is 124 cm³/mol. The summed E-state index contributed by atoms with van der Waals surface area (Å²) >= 11 is 6.58. The lowest BCUT2D eigenvalue weighted by molar-refractivity contribution is 0.0512. The summed E-state index contributed by atoms with van der Waals surface area (Å²) in [5.41, 5.74) is 1.54. The monoisotopic (exact) mass is 519 g/mol. The molecule has 156 valence electrons. The number of nitrogens with one attached hydrogen (secondary N) is 1. The minimum Gasteiger partial charge on any atom is -0.381 e. The molecule has 3 fully saturated rings. The number of hydrogen-bond acceptors (Lipinski definition) is 3. The summed E-state index contributed by atoms with van der Waals surface area (Å²) in [6.07, 6.45) is 4.30. The van der Waals surface area contributed by atoms with E-state index >= 15 is 0 Å². The smallest absolute Gasteiger partial charge is 0.193 e. The molecule has 1 aromatic carbocycles. The molecule has 0 aromatic heterocycles. The van der Waals surface area contributed by atoms with Gasteiger partial charge >= 0.3 is 0 Å². The van der Waals surface area contributed by atoms with E-state index in [0.717, 1.165) is 69.9 Å². The standard InChI is InChI=1S/C21H30ClN3O2.HI/c1-23-19(25-10-6-20(15-25)7-11-27-16-20)24-14-21(8-12-26-13-9-21)17-4-2-3-5-18(17)22;/h2-5H,6-16H2,1H3,(H,23,24);1H. The van der Waals surface area contributed by atoms with Crippen molar-refractivity contribution in [1.82, 2.24) is 10.2 Å². The molecule has 3 heterocycles. The van der Waals surface area contributed by atoms with Crippen molar-refractivity contribution < 1.29 is 9.47 Å². The van der Waals surface area contributed by atoms with Crippen molar-refractivity contribution >= 4 is 41.5 Å². The summed E-state index contributed by atoms with van der Waals surface area (Å²) in [6, 6.07) is 8.24. The van der Waals surface area contributed by atoms with Crippen LogP contribution in [0, 0.1) is 5.41 Å². The third-order valence-corrected chi connectivity index (χ3v) is 6.94. The van der Waals surface area contributed by atoms with Gasteiger partial charge in [-0.05, 0) is 37.3 Å². The highest BCUT2D eigenvalue weighted by molar-refractivity contribution is 14.0. The number of hydrogen-bond donors (Lipinski definition) is 1. The van der Waals surface area contributed by atoms with E-state index in [1.165, 1.54) is 18.4 Å². The zero-order chi connectivity index (χ0) is 18.7. The predicted octanol–water partition coefficient (Wildman–Crippen LogP) is 3.69. The molecule has 0 amide bonds. The fourth-order valence-electron chi connectivity index (χ4n) is 4.86. The van der Waals surface area contributed by atoms with Gasteiger partial charge in [0, 0.05) is 62.4 Å². The topological polar surface area (TPSA) is 46.1 Å². The highest BCUT2D eigenvalue weighted by Crippen LogP contribution is 2.39. The quantitative estimate of drug-likeness (QED) is 0.376. The van der Waals surface area contributed by atoms with Crippen LogP contribution in [-0.2, 0) is 14.9 Å². The Hall–Kier alpha value is -0.570. The number of guanidine groups is 1. The molecule has 5 nitrogen and oxygen atoms in total. The molecule has 3 aliphatic rings. The Balaban J connectivity index is 0.00000225. The summed E-state index contributed by atoms with van der Waals surface area (Å²) in [5.74, 6) is 0.997. The van der Waals surface area contributed by atoms with Crippen LogP contribution in [-0.4, -0.2) is 64.0 Å². The van der Waals surface area contributed by atoms with Gasteiger partial charge in [-0.1, -0.05) is 29.8 Å². The molecular weight excluding hydrogens is 489 g/mol. The van der Waals surface area contributed by atoms with Crippen LogP contribution < -0.4 is 5.32 Å². The van der Waals surface area contributed by atoms with Gasteiger partial charge in [-0.2, -0.15) is 0 Å². The summed E-state index contributed by atoms with van der Waals surface area (Å²) in [5, 5.41) is 4.52. The Labute approximate surface area is 190 Å². The van der Waals surface area contributed by atoms with E-state index in [9.17, 15) is 0 Å². The first-order valence-corrected chi connectivity index (χ1v) is 10.4. The van der Waals surface area contributed by atoms with Crippen LogP contribution in [0.25, 0.3) is 0 Å². The van der Waals surface area contributed by atoms with Crippen molar-refractivity contribution in [1.29, 1.82) is 0 Å². The van der Waals surface area contributed by atoms with Gasteiger partial charge in [-0.3, -0.25) is 4.99 Å². The van der Waals surface area contributed by atoms with Crippen LogP contribution in [0.5, 0.6) is 0 Å². The Morgan fingerprint density at radius 1 is 1.14 bits per heavy atom. The first kappa shape index (κ1) is 22.1. The molecule has 0 bridgehead atoms. The molecule has 3 aliphatic heterocycles. The highest BCUT2D eigenvalue weighted by atomic mass is 127. The fourth-order valence-corrected chi connectivity index (χ4v) is 5.20. The van der Waals surface area contributed by atoms with E-state index in [4.69, 9.17) is 21.1 Å². The zero-order valence-corrected chi connectivity index (χ0v) is 19.7. The van der Waals surface area contributed by atoms with Crippen LogP contribution in [0.1, 0.15) is 31.2 Å². The molecule has 1 atom stereocenters. The highest BCUT2D eigenvalue weighted by Gasteiger charge is 2.43. The number of rotatable bonds is 3. The Morgan fingerprint density at radius 3 is 2.57 bits per heavy atom. The van der Waals surface area contributed by atoms with Gasteiger partial charge < -0.3 is 19.7 Å². The molecule has 1 N–H and O–H groups in total. The number of likely N-dealkylation sites (tertiary alicyclic amines) is 1. The molecule has 0 saturated carbocycles. The Morgan fingerprint density at radius 2 is 1.89 bits per heavy atom. The lowest BCUT2D eigenvalue weighted by Crippen LogP contribution is -2.49. The fraction of sp³-hybridized carbons (Fsp3) is 0.667. The van der Waals surface area contributed by atoms with E-state index in [-0.39, 0.29) is 29.4 Å². The van der Waals surface area contributed by atoms with E-state index < -0.39 is 0 Å².